The second-order valence-corrected chi connectivity index (χ2v) is 8.37. The number of aromatic nitrogens is 3. The van der Waals surface area contributed by atoms with Crippen LogP contribution in [0.3, 0.4) is 0 Å². The SMILES string of the molecule is C=CCSc1nnc(NC(=O)Cc2csc(-c3ccccc3OCC)n2)s1. The van der Waals surface area contributed by atoms with Crippen LogP contribution in [0.4, 0.5) is 5.13 Å². The molecular formula is C18H18N4O2S3. The van der Waals surface area contributed by atoms with E-state index >= 15 is 0 Å². The van der Waals surface area contributed by atoms with Gasteiger partial charge < -0.3 is 10.1 Å². The normalized spacial score (nSPS) is 10.6. The molecule has 0 aliphatic rings. The Labute approximate surface area is 169 Å². The van der Waals surface area contributed by atoms with Gasteiger partial charge in [0.05, 0.1) is 24.3 Å². The summed E-state index contributed by atoms with van der Waals surface area (Å²) in [6, 6.07) is 7.77. The lowest BCUT2D eigenvalue weighted by molar-refractivity contribution is -0.115. The van der Waals surface area contributed by atoms with E-state index in [1.165, 1.54) is 34.4 Å². The van der Waals surface area contributed by atoms with Crippen LogP contribution in [0, 0.1) is 0 Å². The number of nitrogens with zero attached hydrogens (tertiary/aromatic N) is 3. The number of carbonyl (C=O) groups is 1. The van der Waals surface area contributed by atoms with Crippen molar-refractivity contribution >= 4 is 45.5 Å². The van der Waals surface area contributed by atoms with E-state index in [0.717, 1.165) is 26.4 Å². The molecule has 0 fully saturated rings. The fraction of sp³-hybridized carbons (Fsp3) is 0.222. The molecule has 0 bridgehead atoms. The van der Waals surface area contributed by atoms with E-state index in [9.17, 15) is 4.79 Å². The topological polar surface area (TPSA) is 77.0 Å². The Hall–Kier alpha value is -2.23. The van der Waals surface area contributed by atoms with Gasteiger partial charge in [-0.2, -0.15) is 0 Å². The molecule has 1 amide bonds. The van der Waals surface area contributed by atoms with E-state index in [2.05, 4.69) is 27.1 Å². The Morgan fingerprint density at radius 2 is 2.22 bits per heavy atom. The van der Waals surface area contributed by atoms with E-state index in [0.29, 0.717) is 17.4 Å². The van der Waals surface area contributed by atoms with Crippen molar-refractivity contribution < 1.29 is 9.53 Å². The number of nitrogens with one attached hydrogen (secondary N) is 1. The average Bonchev–Trinajstić information content (AvgIpc) is 3.30. The number of rotatable bonds is 9. The summed E-state index contributed by atoms with van der Waals surface area (Å²) in [5.74, 6) is 1.39. The smallest absolute Gasteiger partial charge is 0.232 e. The van der Waals surface area contributed by atoms with Crippen molar-refractivity contribution in [1.82, 2.24) is 15.2 Å². The first-order valence-electron chi connectivity index (χ1n) is 8.23. The zero-order valence-electron chi connectivity index (χ0n) is 14.7. The standard InChI is InChI=1S/C18H18N4O2S3/c1-3-9-25-18-22-21-17(27-18)20-15(23)10-12-11-26-16(19-12)13-7-5-6-8-14(13)24-4-2/h3,5-8,11H,1,4,9-10H2,2H3,(H,20,21,23). The van der Waals surface area contributed by atoms with Gasteiger partial charge in [-0.3, -0.25) is 4.79 Å². The highest BCUT2D eigenvalue weighted by Crippen LogP contribution is 2.32. The number of thioether (sulfide) groups is 1. The molecule has 1 aromatic carbocycles. The van der Waals surface area contributed by atoms with E-state index in [1.807, 2.05) is 36.6 Å². The molecule has 2 heterocycles. The molecule has 3 rings (SSSR count). The van der Waals surface area contributed by atoms with Crippen molar-refractivity contribution in [3.63, 3.8) is 0 Å². The van der Waals surface area contributed by atoms with Gasteiger partial charge in [0.15, 0.2) is 4.34 Å². The second kappa shape index (κ2) is 9.63. The first kappa shape index (κ1) is 19.5. The Balaban J connectivity index is 1.63. The van der Waals surface area contributed by atoms with Gasteiger partial charge in [-0.1, -0.05) is 41.3 Å². The number of para-hydroxylation sites is 1. The number of hydrogen-bond donors (Lipinski definition) is 1. The monoisotopic (exact) mass is 418 g/mol. The maximum Gasteiger partial charge on any atom is 0.232 e. The van der Waals surface area contributed by atoms with Gasteiger partial charge in [0.2, 0.25) is 11.0 Å². The molecule has 9 heteroatoms. The van der Waals surface area contributed by atoms with Crippen molar-refractivity contribution in [3.05, 3.63) is 48.0 Å². The highest BCUT2D eigenvalue weighted by Gasteiger charge is 2.14. The van der Waals surface area contributed by atoms with Crippen LogP contribution in [0.1, 0.15) is 12.6 Å². The zero-order chi connectivity index (χ0) is 19.1. The molecule has 140 valence electrons. The van der Waals surface area contributed by atoms with E-state index in [4.69, 9.17) is 4.74 Å². The minimum Gasteiger partial charge on any atom is -0.493 e. The Morgan fingerprint density at radius 1 is 1.37 bits per heavy atom. The maximum absolute atomic E-state index is 12.3. The predicted octanol–water partition coefficient (Wildman–Crippen LogP) is 4.52. The summed E-state index contributed by atoms with van der Waals surface area (Å²) < 4.78 is 6.46. The molecule has 1 N–H and O–H groups in total. The van der Waals surface area contributed by atoms with Gasteiger partial charge in [-0.25, -0.2) is 4.98 Å². The van der Waals surface area contributed by atoms with Crippen LogP contribution in [0.2, 0.25) is 0 Å². The minimum atomic E-state index is -0.165. The predicted molar refractivity (Wildman–Crippen MR) is 112 cm³/mol. The summed E-state index contributed by atoms with van der Waals surface area (Å²) in [7, 11) is 0. The van der Waals surface area contributed by atoms with Crippen LogP contribution in [0.5, 0.6) is 5.75 Å². The molecule has 3 aromatic rings. The Morgan fingerprint density at radius 3 is 3.04 bits per heavy atom. The third-order valence-corrected chi connectivity index (χ3v) is 6.18. The largest absolute Gasteiger partial charge is 0.493 e. The quantitative estimate of drug-likeness (QED) is 0.313. The van der Waals surface area contributed by atoms with Crippen molar-refractivity contribution in [3.8, 4) is 16.3 Å². The van der Waals surface area contributed by atoms with Crippen molar-refractivity contribution in [2.75, 3.05) is 17.7 Å². The summed E-state index contributed by atoms with van der Waals surface area (Å²) in [5, 5.41) is 14.0. The van der Waals surface area contributed by atoms with Gasteiger partial charge in [0, 0.05) is 11.1 Å². The van der Waals surface area contributed by atoms with Crippen LogP contribution in [-0.2, 0) is 11.2 Å². The highest BCUT2D eigenvalue weighted by atomic mass is 32.2. The first-order valence-corrected chi connectivity index (χ1v) is 10.9. The molecule has 0 saturated carbocycles. The molecule has 0 aliphatic heterocycles. The highest BCUT2D eigenvalue weighted by molar-refractivity contribution is 8.01. The number of ether oxygens (including phenoxy) is 1. The number of thiazole rings is 1. The second-order valence-electron chi connectivity index (χ2n) is 5.27. The number of benzene rings is 1. The summed E-state index contributed by atoms with van der Waals surface area (Å²) in [4.78, 5) is 16.8. The van der Waals surface area contributed by atoms with Crippen LogP contribution < -0.4 is 10.1 Å². The fourth-order valence-electron chi connectivity index (χ4n) is 2.21. The zero-order valence-corrected chi connectivity index (χ0v) is 17.1. The summed E-state index contributed by atoms with van der Waals surface area (Å²) in [6.45, 7) is 6.21. The summed E-state index contributed by atoms with van der Waals surface area (Å²) >= 11 is 4.37. The molecule has 0 atom stereocenters. The maximum atomic E-state index is 12.3. The molecule has 0 spiro atoms. The third-order valence-electron chi connectivity index (χ3n) is 3.29. The van der Waals surface area contributed by atoms with Crippen LogP contribution >= 0.6 is 34.4 Å². The number of anilines is 1. The first-order chi connectivity index (χ1) is 13.2. The van der Waals surface area contributed by atoms with Gasteiger partial charge in [-0.15, -0.1) is 28.1 Å². The molecule has 0 aliphatic carbocycles. The number of amides is 1. The molecule has 6 nitrogen and oxygen atoms in total. The van der Waals surface area contributed by atoms with Gasteiger partial charge >= 0.3 is 0 Å². The molecule has 2 aromatic heterocycles. The molecular weight excluding hydrogens is 400 g/mol. The summed E-state index contributed by atoms with van der Waals surface area (Å²) in [5.41, 5.74) is 1.65. The lowest BCUT2D eigenvalue weighted by Crippen LogP contribution is -2.14. The van der Waals surface area contributed by atoms with Crippen LogP contribution in [0.25, 0.3) is 10.6 Å². The van der Waals surface area contributed by atoms with Crippen molar-refractivity contribution in [2.24, 2.45) is 0 Å². The van der Waals surface area contributed by atoms with Crippen molar-refractivity contribution in [1.29, 1.82) is 0 Å². The van der Waals surface area contributed by atoms with E-state index in [-0.39, 0.29) is 12.3 Å². The van der Waals surface area contributed by atoms with Gasteiger partial charge in [0.1, 0.15) is 10.8 Å². The lowest BCUT2D eigenvalue weighted by atomic mass is 10.2. The molecule has 0 unspecified atom stereocenters. The van der Waals surface area contributed by atoms with E-state index < -0.39 is 0 Å². The molecule has 27 heavy (non-hydrogen) atoms. The molecule has 0 saturated heterocycles. The third kappa shape index (κ3) is 5.38. The minimum absolute atomic E-state index is 0.165. The van der Waals surface area contributed by atoms with E-state index in [1.54, 1.807) is 6.08 Å². The summed E-state index contributed by atoms with van der Waals surface area (Å²) in [6.07, 6.45) is 1.98. The van der Waals surface area contributed by atoms with Gasteiger partial charge in [-0.05, 0) is 19.1 Å². The Bertz CT molecular complexity index is 923. The van der Waals surface area contributed by atoms with Crippen molar-refractivity contribution in [2.45, 2.75) is 17.7 Å². The fourth-order valence-corrected chi connectivity index (χ4v) is 4.59. The molecule has 0 radical (unpaired) electrons. The van der Waals surface area contributed by atoms with Gasteiger partial charge in [0.25, 0.3) is 0 Å². The lowest BCUT2D eigenvalue weighted by Gasteiger charge is -2.07. The number of carbonyl (C=O) groups excluding carboxylic acids is 1. The Kier molecular flexibility index (Phi) is 6.97. The number of hydrogen-bond acceptors (Lipinski definition) is 8. The van der Waals surface area contributed by atoms with Crippen LogP contribution in [-0.4, -0.2) is 33.4 Å². The average molecular weight is 419 g/mol. The van der Waals surface area contributed by atoms with Crippen LogP contribution in [0.15, 0.2) is 46.6 Å².